The van der Waals surface area contributed by atoms with Crippen molar-refractivity contribution in [2.45, 2.75) is 52.2 Å². The Balaban J connectivity index is 2.20. The molecule has 1 atom stereocenters. The Labute approximate surface area is 118 Å². The number of H-pyrrole nitrogens is 1. The Morgan fingerprint density at radius 2 is 2.15 bits per heavy atom. The molecule has 0 radical (unpaired) electrons. The van der Waals surface area contributed by atoms with E-state index in [1.165, 1.54) is 0 Å². The summed E-state index contributed by atoms with van der Waals surface area (Å²) in [5.41, 5.74) is 1.05. The van der Waals surface area contributed by atoms with Crippen molar-refractivity contribution in [1.82, 2.24) is 9.88 Å². The number of hydrogen-bond donors (Lipinski definition) is 1. The molecule has 0 saturated carbocycles. The fourth-order valence-electron chi connectivity index (χ4n) is 2.46. The molecule has 1 saturated heterocycles. The maximum absolute atomic E-state index is 12.2. The number of carbonyl (C=O) groups excluding carboxylic acids is 1. The number of nitrogens with one attached hydrogen (secondary N) is 1. The minimum absolute atomic E-state index is 0.0135. The molecule has 5 heteroatoms. The van der Waals surface area contributed by atoms with Gasteiger partial charge >= 0.3 is 6.09 Å². The molecule has 2 heterocycles. The lowest BCUT2D eigenvalue weighted by Gasteiger charge is -2.28. The molecular weight excluding hydrogens is 256 g/mol. The normalized spacial score (nSPS) is 19.2. The molecule has 0 spiro atoms. The molecule has 5 nitrogen and oxygen atoms in total. The van der Waals surface area contributed by atoms with E-state index in [1.807, 2.05) is 26.8 Å². The Bertz CT molecular complexity index is 557. The molecule has 1 N–H and O–H groups in total. The highest BCUT2D eigenvalue weighted by atomic mass is 16.6. The monoisotopic (exact) mass is 278 g/mol. The predicted octanol–water partition coefficient (Wildman–Crippen LogP) is 2.76. The van der Waals surface area contributed by atoms with E-state index in [1.54, 1.807) is 18.0 Å². The van der Waals surface area contributed by atoms with Gasteiger partial charge in [0.2, 0.25) is 0 Å². The van der Waals surface area contributed by atoms with Crippen LogP contribution in [0.5, 0.6) is 0 Å². The van der Waals surface area contributed by atoms with Crippen molar-refractivity contribution in [3.05, 3.63) is 33.7 Å². The lowest BCUT2D eigenvalue weighted by molar-refractivity contribution is 0.0224. The van der Waals surface area contributed by atoms with E-state index in [9.17, 15) is 9.59 Å². The summed E-state index contributed by atoms with van der Waals surface area (Å²) in [6.45, 7) is 8.05. The van der Waals surface area contributed by atoms with Gasteiger partial charge in [-0.2, -0.15) is 0 Å². The number of amides is 1. The topological polar surface area (TPSA) is 62.4 Å². The highest BCUT2D eigenvalue weighted by Crippen LogP contribution is 2.32. The smallest absolute Gasteiger partial charge is 0.410 e. The van der Waals surface area contributed by atoms with Gasteiger partial charge in [0.25, 0.3) is 5.56 Å². The Morgan fingerprint density at radius 1 is 1.45 bits per heavy atom. The van der Waals surface area contributed by atoms with Crippen LogP contribution in [0.15, 0.2) is 17.1 Å². The number of hydrogen-bond acceptors (Lipinski definition) is 3. The molecule has 0 aromatic carbocycles. The first kappa shape index (κ1) is 14.6. The lowest BCUT2D eigenvalue weighted by atomic mass is 10.1. The number of aromatic amines is 1. The van der Waals surface area contributed by atoms with Gasteiger partial charge in [-0.25, -0.2) is 4.79 Å². The van der Waals surface area contributed by atoms with Crippen LogP contribution in [0.1, 0.15) is 50.8 Å². The molecule has 0 unspecified atom stereocenters. The third-order valence-corrected chi connectivity index (χ3v) is 3.38. The molecular formula is C15H22N2O3. The van der Waals surface area contributed by atoms with Gasteiger partial charge in [0.05, 0.1) is 6.04 Å². The number of carbonyl (C=O) groups is 1. The summed E-state index contributed by atoms with van der Waals surface area (Å²) in [4.78, 5) is 28.1. The van der Waals surface area contributed by atoms with E-state index >= 15 is 0 Å². The van der Waals surface area contributed by atoms with Crippen LogP contribution in [0.2, 0.25) is 0 Å². The number of aromatic nitrogens is 1. The summed E-state index contributed by atoms with van der Waals surface area (Å²) in [6.07, 6.45) is 3.25. The van der Waals surface area contributed by atoms with Crippen molar-refractivity contribution in [2.75, 3.05) is 6.54 Å². The van der Waals surface area contributed by atoms with Gasteiger partial charge in [0.1, 0.15) is 5.60 Å². The summed E-state index contributed by atoms with van der Waals surface area (Å²) >= 11 is 0. The zero-order valence-electron chi connectivity index (χ0n) is 12.5. The van der Waals surface area contributed by atoms with Crippen LogP contribution in [0.3, 0.4) is 0 Å². The molecule has 1 amide bonds. The van der Waals surface area contributed by atoms with Crippen molar-refractivity contribution >= 4 is 6.09 Å². The average Bonchev–Trinajstić information content (AvgIpc) is 2.79. The largest absolute Gasteiger partial charge is 0.444 e. The second-order valence-electron chi connectivity index (χ2n) is 6.28. The van der Waals surface area contributed by atoms with Gasteiger partial charge in [-0.1, -0.05) is 0 Å². The minimum atomic E-state index is -0.495. The van der Waals surface area contributed by atoms with Gasteiger partial charge in [0.15, 0.2) is 0 Å². The van der Waals surface area contributed by atoms with Gasteiger partial charge in [-0.15, -0.1) is 0 Å². The summed E-state index contributed by atoms with van der Waals surface area (Å²) in [7, 11) is 0. The van der Waals surface area contributed by atoms with E-state index < -0.39 is 5.60 Å². The summed E-state index contributed by atoms with van der Waals surface area (Å²) in [6, 6.07) is 1.84. The first-order chi connectivity index (χ1) is 9.28. The van der Waals surface area contributed by atoms with Crippen LogP contribution in [0, 0.1) is 6.92 Å². The van der Waals surface area contributed by atoms with Crippen LogP contribution >= 0.6 is 0 Å². The van der Waals surface area contributed by atoms with Crippen molar-refractivity contribution < 1.29 is 9.53 Å². The van der Waals surface area contributed by atoms with Gasteiger partial charge < -0.3 is 14.6 Å². The SMILES string of the molecule is Cc1cc([C@@H]2CCCN2C(=O)OC(C)(C)C)c[nH]c1=O. The average molecular weight is 278 g/mol. The highest BCUT2D eigenvalue weighted by Gasteiger charge is 2.33. The first-order valence-corrected chi connectivity index (χ1v) is 6.97. The predicted molar refractivity (Wildman–Crippen MR) is 76.7 cm³/mol. The number of nitrogens with zero attached hydrogens (tertiary/aromatic N) is 1. The number of likely N-dealkylation sites (tertiary alicyclic amines) is 1. The Kier molecular flexibility index (Phi) is 3.88. The van der Waals surface area contributed by atoms with Gasteiger partial charge in [0, 0.05) is 18.3 Å². The molecule has 1 aliphatic heterocycles. The molecule has 110 valence electrons. The fourth-order valence-corrected chi connectivity index (χ4v) is 2.46. The Hall–Kier alpha value is -1.78. The zero-order chi connectivity index (χ0) is 14.9. The van der Waals surface area contributed by atoms with E-state index in [0.29, 0.717) is 12.1 Å². The maximum Gasteiger partial charge on any atom is 0.410 e. The number of aryl methyl sites for hydroxylation is 1. The minimum Gasteiger partial charge on any atom is -0.444 e. The van der Waals surface area contributed by atoms with Crippen molar-refractivity contribution in [3.8, 4) is 0 Å². The first-order valence-electron chi connectivity index (χ1n) is 6.97. The standard InChI is InChI=1S/C15H22N2O3/c1-10-8-11(9-16-13(10)18)12-6-5-7-17(12)14(19)20-15(2,3)4/h8-9,12H,5-7H2,1-4H3,(H,16,18)/t12-/m0/s1. The second kappa shape index (κ2) is 5.31. The van der Waals surface area contributed by atoms with E-state index in [-0.39, 0.29) is 17.7 Å². The van der Waals surface area contributed by atoms with E-state index in [0.717, 1.165) is 18.4 Å². The van der Waals surface area contributed by atoms with Crippen molar-refractivity contribution in [2.24, 2.45) is 0 Å². The molecule has 0 aliphatic carbocycles. The fraction of sp³-hybridized carbons (Fsp3) is 0.600. The van der Waals surface area contributed by atoms with Crippen LogP contribution in [0.4, 0.5) is 4.79 Å². The van der Waals surface area contributed by atoms with Gasteiger partial charge in [-0.05, 0) is 52.2 Å². The summed E-state index contributed by atoms with van der Waals surface area (Å²) in [5, 5.41) is 0. The molecule has 1 aliphatic rings. The van der Waals surface area contributed by atoms with Gasteiger partial charge in [-0.3, -0.25) is 4.79 Å². The quantitative estimate of drug-likeness (QED) is 0.859. The summed E-state index contributed by atoms with van der Waals surface area (Å²) in [5.74, 6) is 0. The van der Waals surface area contributed by atoms with Crippen LogP contribution in [-0.2, 0) is 4.74 Å². The summed E-state index contributed by atoms with van der Waals surface area (Å²) < 4.78 is 5.44. The van der Waals surface area contributed by atoms with Crippen molar-refractivity contribution in [1.29, 1.82) is 0 Å². The van der Waals surface area contributed by atoms with E-state index in [2.05, 4.69) is 4.98 Å². The maximum atomic E-state index is 12.2. The third kappa shape index (κ3) is 3.21. The zero-order valence-corrected chi connectivity index (χ0v) is 12.5. The molecule has 1 aromatic heterocycles. The van der Waals surface area contributed by atoms with Crippen LogP contribution in [-0.4, -0.2) is 28.1 Å². The number of ether oxygens (including phenoxy) is 1. The molecule has 1 fully saturated rings. The molecule has 0 bridgehead atoms. The number of rotatable bonds is 1. The Morgan fingerprint density at radius 3 is 2.75 bits per heavy atom. The number of pyridine rings is 1. The third-order valence-electron chi connectivity index (χ3n) is 3.38. The highest BCUT2D eigenvalue weighted by molar-refractivity contribution is 5.69. The van der Waals surface area contributed by atoms with E-state index in [4.69, 9.17) is 4.74 Å². The molecule has 20 heavy (non-hydrogen) atoms. The van der Waals surface area contributed by atoms with Crippen LogP contribution in [0.25, 0.3) is 0 Å². The molecule has 1 aromatic rings. The lowest BCUT2D eigenvalue weighted by Crippen LogP contribution is -2.36. The van der Waals surface area contributed by atoms with Crippen molar-refractivity contribution in [3.63, 3.8) is 0 Å². The van der Waals surface area contributed by atoms with Crippen LogP contribution < -0.4 is 5.56 Å². The molecule has 2 rings (SSSR count). The second-order valence-corrected chi connectivity index (χ2v) is 6.28.